The fourth-order valence-electron chi connectivity index (χ4n) is 3.73. The Hall–Kier alpha value is -3.59. The van der Waals surface area contributed by atoms with Gasteiger partial charge in [-0.1, -0.05) is 48.6 Å². The number of nitrogens with zero attached hydrogens (tertiary/aromatic N) is 2. The van der Waals surface area contributed by atoms with Gasteiger partial charge in [0.15, 0.2) is 0 Å². The lowest BCUT2D eigenvalue weighted by Gasteiger charge is -2.08. The van der Waals surface area contributed by atoms with Gasteiger partial charge in [-0.15, -0.1) is 0 Å². The number of ether oxygens (including phenoxy) is 1. The Labute approximate surface area is 190 Å². The molecule has 2 aromatic heterocycles. The molecule has 0 atom stereocenters. The summed E-state index contributed by atoms with van der Waals surface area (Å²) in [6.45, 7) is 2.61. The maximum absolute atomic E-state index is 5.86. The number of aromatic nitrogens is 2. The van der Waals surface area contributed by atoms with E-state index in [1.54, 1.807) is 6.20 Å². The molecule has 0 aliphatic carbocycles. The number of hydrogen-bond acceptors (Lipinski definition) is 2. The molecule has 0 N–H and O–H groups in total. The third-order valence-corrected chi connectivity index (χ3v) is 5.62. The average molecular weight is 423 g/mol. The summed E-state index contributed by atoms with van der Waals surface area (Å²) < 4.78 is 8.03. The van der Waals surface area contributed by atoms with Crippen LogP contribution < -0.4 is 4.74 Å². The quantitative estimate of drug-likeness (QED) is 0.264. The zero-order chi connectivity index (χ0) is 22.2. The molecule has 2 heterocycles. The van der Waals surface area contributed by atoms with Crippen molar-refractivity contribution in [1.82, 2.24) is 9.55 Å². The van der Waals surface area contributed by atoms with Gasteiger partial charge >= 0.3 is 0 Å². The predicted octanol–water partition coefficient (Wildman–Crippen LogP) is 7.36. The summed E-state index contributed by atoms with van der Waals surface area (Å²) >= 11 is 0. The molecule has 2 aromatic carbocycles. The first-order valence-corrected chi connectivity index (χ1v) is 11.2. The number of pyridine rings is 1. The first-order chi connectivity index (χ1) is 15.7. The van der Waals surface area contributed by atoms with Gasteiger partial charge in [0, 0.05) is 25.0 Å². The van der Waals surface area contributed by atoms with E-state index in [4.69, 9.17) is 4.74 Å². The number of unbranched alkanes of at least 4 members (excludes halogenated alkanes) is 2. The molecule has 0 saturated heterocycles. The van der Waals surface area contributed by atoms with E-state index < -0.39 is 0 Å². The van der Waals surface area contributed by atoms with Crippen molar-refractivity contribution in [2.24, 2.45) is 7.05 Å². The minimum absolute atomic E-state index is 0.488. The van der Waals surface area contributed by atoms with Crippen LogP contribution in [0.1, 0.15) is 41.6 Å². The molecule has 0 fully saturated rings. The van der Waals surface area contributed by atoms with Crippen molar-refractivity contribution in [2.75, 3.05) is 0 Å². The van der Waals surface area contributed by atoms with Crippen LogP contribution in [0.3, 0.4) is 0 Å². The van der Waals surface area contributed by atoms with E-state index in [1.165, 1.54) is 27.6 Å². The second-order valence-electron chi connectivity index (χ2n) is 8.11. The van der Waals surface area contributed by atoms with Crippen LogP contribution in [-0.2, 0) is 13.7 Å². The number of aryl methyl sites for hydroxylation is 2. The zero-order valence-corrected chi connectivity index (χ0v) is 18.9. The van der Waals surface area contributed by atoms with Gasteiger partial charge in [-0.05, 0) is 84.7 Å². The van der Waals surface area contributed by atoms with Crippen molar-refractivity contribution >= 4 is 23.1 Å². The molecule has 0 spiro atoms. The van der Waals surface area contributed by atoms with Gasteiger partial charge in [-0.3, -0.25) is 4.98 Å². The standard InChI is InChI=1S/C29H30N2O/c1-23-20-28(32-22-27-12-8-9-18-30-27)16-15-25(23)11-7-5-3-4-6-10-24-13-14-26-17-19-31(2)29(26)21-24/h6-21H,3-5,22H2,1-2H3/b10-6+,11-7+. The third-order valence-electron chi connectivity index (χ3n) is 5.62. The van der Waals surface area contributed by atoms with Gasteiger partial charge in [0.25, 0.3) is 0 Å². The second kappa shape index (κ2) is 10.6. The molecule has 0 radical (unpaired) electrons. The van der Waals surface area contributed by atoms with Gasteiger partial charge in [0.05, 0.1) is 5.69 Å². The van der Waals surface area contributed by atoms with E-state index in [1.807, 2.05) is 24.3 Å². The van der Waals surface area contributed by atoms with Crippen molar-refractivity contribution in [2.45, 2.75) is 32.8 Å². The van der Waals surface area contributed by atoms with E-state index in [-0.39, 0.29) is 0 Å². The SMILES string of the molecule is Cc1cc(OCc2ccccn2)ccc1/C=C/CCC/C=C/c1ccc2ccn(C)c2c1. The molecule has 4 aromatic rings. The zero-order valence-electron chi connectivity index (χ0n) is 18.9. The summed E-state index contributed by atoms with van der Waals surface area (Å²) in [6, 6.07) is 20.9. The molecule has 0 saturated carbocycles. The molecule has 0 amide bonds. The average Bonchev–Trinajstić information content (AvgIpc) is 3.19. The van der Waals surface area contributed by atoms with Crippen molar-refractivity contribution in [3.63, 3.8) is 0 Å². The lowest BCUT2D eigenvalue weighted by molar-refractivity contribution is 0.301. The van der Waals surface area contributed by atoms with Crippen molar-refractivity contribution in [3.05, 3.63) is 108 Å². The summed E-state index contributed by atoms with van der Waals surface area (Å²) in [6.07, 6.45) is 16.2. The van der Waals surface area contributed by atoms with Gasteiger partial charge in [-0.25, -0.2) is 0 Å². The number of rotatable bonds is 9. The van der Waals surface area contributed by atoms with E-state index in [9.17, 15) is 0 Å². The molecule has 0 aliphatic heterocycles. The van der Waals surface area contributed by atoms with Crippen LogP contribution in [0, 0.1) is 6.92 Å². The molecule has 0 aliphatic rings. The topological polar surface area (TPSA) is 27.1 Å². The van der Waals surface area contributed by atoms with Gasteiger partial charge in [-0.2, -0.15) is 0 Å². The van der Waals surface area contributed by atoms with E-state index in [0.717, 1.165) is 30.7 Å². The van der Waals surface area contributed by atoms with E-state index >= 15 is 0 Å². The maximum atomic E-state index is 5.86. The molecular formula is C29H30N2O. The van der Waals surface area contributed by atoms with Crippen LogP contribution in [0.4, 0.5) is 0 Å². The molecule has 32 heavy (non-hydrogen) atoms. The van der Waals surface area contributed by atoms with Crippen LogP contribution in [0.25, 0.3) is 23.1 Å². The monoisotopic (exact) mass is 422 g/mol. The fraction of sp³-hybridized carbons (Fsp3) is 0.207. The highest BCUT2D eigenvalue weighted by Gasteiger charge is 2.00. The van der Waals surface area contributed by atoms with E-state index in [2.05, 4.69) is 90.4 Å². The largest absolute Gasteiger partial charge is 0.487 e. The lowest BCUT2D eigenvalue weighted by atomic mass is 10.1. The number of benzene rings is 2. The molecule has 162 valence electrons. The Bertz CT molecular complexity index is 1220. The first kappa shape index (κ1) is 21.6. The van der Waals surface area contributed by atoms with Crippen molar-refractivity contribution in [3.8, 4) is 5.75 Å². The maximum Gasteiger partial charge on any atom is 0.130 e. The second-order valence-corrected chi connectivity index (χ2v) is 8.11. The summed E-state index contributed by atoms with van der Waals surface area (Å²) in [5, 5.41) is 1.29. The Balaban J connectivity index is 1.22. The highest BCUT2D eigenvalue weighted by Crippen LogP contribution is 2.20. The minimum atomic E-state index is 0.488. The summed E-state index contributed by atoms with van der Waals surface area (Å²) in [5.41, 5.74) is 5.93. The Morgan fingerprint density at radius 2 is 1.81 bits per heavy atom. The number of allylic oxidation sites excluding steroid dienone is 2. The Morgan fingerprint density at radius 3 is 2.62 bits per heavy atom. The molecular weight excluding hydrogens is 392 g/mol. The number of hydrogen-bond donors (Lipinski definition) is 0. The van der Waals surface area contributed by atoms with Crippen LogP contribution in [0.15, 0.2) is 85.2 Å². The summed E-state index contributed by atoms with van der Waals surface area (Å²) in [7, 11) is 2.09. The van der Waals surface area contributed by atoms with Crippen molar-refractivity contribution in [1.29, 1.82) is 0 Å². The Morgan fingerprint density at radius 1 is 0.938 bits per heavy atom. The van der Waals surface area contributed by atoms with Crippen LogP contribution in [0.2, 0.25) is 0 Å². The van der Waals surface area contributed by atoms with Crippen LogP contribution in [-0.4, -0.2) is 9.55 Å². The Kier molecular flexibility index (Phi) is 7.19. The highest BCUT2D eigenvalue weighted by molar-refractivity contribution is 5.82. The molecule has 4 rings (SSSR count). The van der Waals surface area contributed by atoms with Crippen LogP contribution in [0.5, 0.6) is 5.75 Å². The molecule has 3 nitrogen and oxygen atoms in total. The van der Waals surface area contributed by atoms with Gasteiger partial charge in [0.1, 0.15) is 12.4 Å². The predicted molar refractivity (Wildman–Crippen MR) is 135 cm³/mol. The minimum Gasteiger partial charge on any atom is -0.487 e. The summed E-state index contributed by atoms with van der Waals surface area (Å²) in [5.74, 6) is 0.879. The van der Waals surface area contributed by atoms with E-state index in [0.29, 0.717) is 6.61 Å². The lowest BCUT2D eigenvalue weighted by Crippen LogP contribution is -1.97. The molecule has 3 heteroatoms. The molecule has 0 bridgehead atoms. The normalized spacial score (nSPS) is 11.7. The fourth-order valence-corrected chi connectivity index (χ4v) is 3.73. The van der Waals surface area contributed by atoms with Crippen LogP contribution >= 0.6 is 0 Å². The third kappa shape index (κ3) is 5.76. The van der Waals surface area contributed by atoms with Crippen molar-refractivity contribution < 1.29 is 4.74 Å². The molecule has 0 unspecified atom stereocenters. The summed E-state index contributed by atoms with van der Waals surface area (Å²) in [4.78, 5) is 4.29. The number of fused-ring (bicyclic) bond motifs is 1. The first-order valence-electron chi connectivity index (χ1n) is 11.2. The van der Waals surface area contributed by atoms with Gasteiger partial charge in [0.2, 0.25) is 0 Å². The highest BCUT2D eigenvalue weighted by atomic mass is 16.5. The smallest absolute Gasteiger partial charge is 0.130 e. The van der Waals surface area contributed by atoms with Gasteiger partial charge < -0.3 is 9.30 Å².